The molecule has 0 spiro atoms. The van der Waals surface area contributed by atoms with Crippen LogP contribution in [0.4, 0.5) is 0 Å². The fraction of sp³-hybridized carbons (Fsp3) is 0.438. The Balaban J connectivity index is 2.17. The Kier molecular flexibility index (Phi) is 5.51. The van der Waals surface area contributed by atoms with Gasteiger partial charge in [-0.25, -0.2) is 0 Å². The van der Waals surface area contributed by atoms with E-state index >= 15 is 0 Å². The van der Waals surface area contributed by atoms with Crippen molar-refractivity contribution >= 4 is 17.7 Å². The van der Waals surface area contributed by atoms with E-state index in [-0.39, 0.29) is 18.6 Å². The zero-order chi connectivity index (χ0) is 14.4. The van der Waals surface area contributed by atoms with Gasteiger partial charge in [0.15, 0.2) is 0 Å². The average Bonchev–Trinajstić information content (AvgIpc) is 2.93. The van der Waals surface area contributed by atoms with Crippen molar-refractivity contribution in [3.63, 3.8) is 0 Å². The van der Waals surface area contributed by atoms with Crippen LogP contribution in [-0.4, -0.2) is 35.2 Å². The van der Waals surface area contributed by atoms with E-state index in [4.69, 9.17) is 5.11 Å². The molecule has 20 heavy (non-hydrogen) atoms. The third-order valence-electron chi connectivity index (χ3n) is 3.14. The maximum Gasteiger partial charge on any atom is 0.252 e. The van der Waals surface area contributed by atoms with Gasteiger partial charge in [0.05, 0.1) is 12.2 Å². The molecule has 3 nitrogen and oxygen atoms in total. The lowest BCUT2D eigenvalue weighted by Crippen LogP contribution is -2.35. The van der Waals surface area contributed by atoms with Crippen molar-refractivity contribution in [2.45, 2.75) is 25.8 Å². The monoisotopic (exact) mass is 289 g/mol. The Labute approximate surface area is 124 Å². The Bertz CT molecular complexity index is 539. The minimum atomic E-state index is -0.0468. The summed E-state index contributed by atoms with van der Waals surface area (Å²) in [4.78, 5) is 12.4. The van der Waals surface area contributed by atoms with Crippen molar-refractivity contribution < 1.29 is 9.90 Å². The van der Waals surface area contributed by atoms with Gasteiger partial charge in [0.2, 0.25) is 0 Å². The largest absolute Gasteiger partial charge is 0.395 e. The number of carbonyl (C=O) groups excluding carboxylic acids is 1. The number of hydrogen-bond acceptors (Lipinski definition) is 3. The molecule has 1 heterocycles. The third kappa shape index (κ3) is 4.03. The molecule has 1 fully saturated rings. The molecule has 0 aromatic heterocycles. The van der Waals surface area contributed by atoms with Crippen molar-refractivity contribution in [2.24, 2.45) is 0 Å². The van der Waals surface area contributed by atoms with Crippen LogP contribution in [0.5, 0.6) is 0 Å². The van der Waals surface area contributed by atoms with Crippen LogP contribution in [0.15, 0.2) is 18.2 Å². The fourth-order valence-electron chi connectivity index (χ4n) is 2.08. The summed E-state index contributed by atoms with van der Waals surface area (Å²) in [6.45, 7) is 2.01. The van der Waals surface area contributed by atoms with Gasteiger partial charge in [-0.1, -0.05) is 23.5 Å². The molecule has 1 atom stereocenters. The zero-order valence-corrected chi connectivity index (χ0v) is 12.4. The molecule has 1 amide bonds. The molecular formula is C16H19NO2S. The van der Waals surface area contributed by atoms with Gasteiger partial charge in [-0.2, -0.15) is 11.8 Å². The van der Waals surface area contributed by atoms with Gasteiger partial charge in [-0.15, -0.1) is 0 Å². The lowest BCUT2D eigenvalue weighted by Gasteiger charge is -2.12. The molecule has 4 heteroatoms. The Hall–Kier alpha value is -1.44. The highest BCUT2D eigenvalue weighted by atomic mass is 32.2. The molecule has 1 unspecified atom stereocenters. The molecule has 2 rings (SSSR count). The number of aryl methyl sites for hydroxylation is 1. The molecule has 0 radical (unpaired) electrons. The molecule has 0 saturated carbocycles. The summed E-state index contributed by atoms with van der Waals surface area (Å²) in [7, 11) is 0. The number of rotatable bonds is 3. The number of benzene rings is 1. The van der Waals surface area contributed by atoms with Crippen LogP contribution in [0.2, 0.25) is 0 Å². The number of carbonyl (C=O) groups is 1. The highest BCUT2D eigenvalue weighted by Gasteiger charge is 2.19. The van der Waals surface area contributed by atoms with Crippen molar-refractivity contribution in [1.82, 2.24) is 5.32 Å². The lowest BCUT2D eigenvalue weighted by atomic mass is 10.0. The summed E-state index contributed by atoms with van der Waals surface area (Å²) in [6, 6.07) is 5.97. The predicted octanol–water partition coefficient (Wildman–Crippen LogP) is 1.96. The van der Waals surface area contributed by atoms with Gasteiger partial charge in [0.1, 0.15) is 0 Å². The van der Waals surface area contributed by atoms with Crippen molar-refractivity contribution in [1.29, 1.82) is 0 Å². The highest BCUT2D eigenvalue weighted by molar-refractivity contribution is 7.99. The normalized spacial score (nSPS) is 17.4. The van der Waals surface area contributed by atoms with E-state index in [1.807, 2.05) is 36.9 Å². The van der Waals surface area contributed by atoms with Crippen LogP contribution in [0.3, 0.4) is 0 Å². The highest BCUT2D eigenvalue weighted by Crippen LogP contribution is 2.18. The Morgan fingerprint density at radius 3 is 3.10 bits per heavy atom. The van der Waals surface area contributed by atoms with E-state index in [0.717, 1.165) is 29.1 Å². The number of aliphatic hydroxyl groups is 1. The quantitative estimate of drug-likeness (QED) is 0.836. The first kappa shape index (κ1) is 15.0. The second-order valence-corrected chi connectivity index (χ2v) is 6.01. The lowest BCUT2D eigenvalue weighted by molar-refractivity contribution is 0.0941. The first-order valence-corrected chi connectivity index (χ1v) is 7.95. The predicted molar refractivity (Wildman–Crippen MR) is 83.0 cm³/mol. The molecule has 1 aliphatic heterocycles. The summed E-state index contributed by atoms with van der Waals surface area (Å²) in [5.41, 5.74) is 2.41. The minimum Gasteiger partial charge on any atom is -0.395 e. The molecule has 1 aliphatic rings. The number of amides is 1. The second-order valence-electron chi connectivity index (χ2n) is 4.86. The van der Waals surface area contributed by atoms with E-state index < -0.39 is 0 Å². The third-order valence-corrected chi connectivity index (χ3v) is 4.31. The van der Waals surface area contributed by atoms with Crippen molar-refractivity contribution in [2.75, 3.05) is 18.1 Å². The van der Waals surface area contributed by atoms with E-state index in [0.29, 0.717) is 12.0 Å². The fourth-order valence-corrected chi connectivity index (χ4v) is 3.23. The SMILES string of the molecule is Cc1ccc(C#CCCO)c(C(=O)NC2CCSC2)c1. The maximum absolute atomic E-state index is 12.4. The van der Waals surface area contributed by atoms with E-state index in [2.05, 4.69) is 17.2 Å². The molecule has 1 saturated heterocycles. The number of nitrogens with one attached hydrogen (secondary N) is 1. The minimum absolute atomic E-state index is 0.0414. The van der Waals surface area contributed by atoms with Gasteiger partial charge < -0.3 is 10.4 Å². The second kappa shape index (κ2) is 7.37. The molecule has 1 aromatic rings. The molecular weight excluding hydrogens is 270 g/mol. The summed E-state index contributed by atoms with van der Waals surface area (Å²) < 4.78 is 0. The van der Waals surface area contributed by atoms with Crippen LogP contribution in [0.1, 0.15) is 34.3 Å². The summed E-state index contributed by atoms with van der Waals surface area (Å²) in [5.74, 6) is 7.90. The first-order valence-electron chi connectivity index (χ1n) is 6.79. The Morgan fingerprint density at radius 2 is 2.40 bits per heavy atom. The van der Waals surface area contributed by atoms with Crippen molar-refractivity contribution in [3.05, 3.63) is 34.9 Å². The molecule has 0 bridgehead atoms. The summed E-state index contributed by atoms with van der Waals surface area (Å²) in [6.07, 6.45) is 1.46. The number of thioether (sulfide) groups is 1. The van der Waals surface area contributed by atoms with Gasteiger partial charge in [0.25, 0.3) is 5.91 Å². The standard InChI is InChI=1S/C16H19NO2S/c1-12-5-6-13(4-2-3-8-18)15(10-12)16(19)17-14-7-9-20-11-14/h5-6,10,14,18H,3,7-9,11H2,1H3,(H,17,19). The number of hydrogen-bond donors (Lipinski definition) is 2. The molecule has 2 N–H and O–H groups in total. The summed E-state index contributed by atoms with van der Waals surface area (Å²) in [5, 5.41) is 11.8. The maximum atomic E-state index is 12.4. The van der Waals surface area contributed by atoms with Crippen LogP contribution < -0.4 is 5.32 Å². The summed E-state index contributed by atoms with van der Waals surface area (Å²) >= 11 is 1.87. The van der Waals surface area contributed by atoms with E-state index in [9.17, 15) is 4.79 Å². The van der Waals surface area contributed by atoms with Gasteiger partial charge in [0, 0.05) is 23.8 Å². The first-order chi connectivity index (χ1) is 9.70. The van der Waals surface area contributed by atoms with Gasteiger partial charge in [-0.3, -0.25) is 4.79 Å². The topological polar surface area (TPSA) is 49.3 Å². The smallest absolute Gasteiger partial charge is 0.252 e. The molecule has 0 aliphatic carbocycles. The zero-order valence-electron chi connectivity index (χ0n) is 11.6. The average molecular weight is 289 g/mol. The van der Waals surface area contributed by atoms with Gasteiger partial charge >= 0.3 is 0 Å². The van der Waals surface area contributed by atoms with E-state index in [1.165, 1.54) is 0 Å². The van der Waals surface area contributed by atoms with E-state index in [1.54, 1.807) is 0 Å². The Morgan fingerprint density at radius 1 is 1.55 bits per heavy atom. The van der Waals surface area contributed by atoms with Crippen LogP contribution >= 0.6 is 11.8 Å². The molecule has 1 aromatic carbocycles. The van der Waals surface area contributed by atoms with Crippen LogP contribution in [-0.2, 0) is 0 Å². The van der Waals surface area contributed by atoms with Crippen LogP contribution in [0.25, 0.3) is 0 Å². The number of aliphatic hydroxyl groups excluding tert-OH is 1. The van der Waals surface area contributed by atoms with Gasteiger partial charge in [-0.05, 0) is 31.2 Å². The molecule has 106 valence electrons. The van der Waals surface area contributed by atoms with Crippen molar-refractivity contribution in [3.8, 4) is 11.8 Å². The van der Waals surface area contributed by atoms with Crippen LogP contribution in [0, 0.1) is 18.8 Å².